The maximum atomic E-state index is 13.4. The fraction of sp³-hybridized carbons (Fsp3) is 0.103. The lowest BCUT2D eigenvalue weighted by Crippen LogP contribution is -2.15. The lowest BCUT2D eigenvalue weighted by Gasteiger charge is -2.17. The molecule has 4 aromatic carbocycles. The van der Waals surface area contributed by atoms with Gasteiger partial charge in [0, 0.05) is 23.5 Å². The van der Waals surface area contributed by atoms with Crippen molar-refractivity contribution in [1.82, 2.24) is 0 Å². The Balaban J connectivity index is 1.55. The van der Waals surface area contributed by atoms with Gasteiger partial charge in [-0.2, -0.15) is 0 Å². The van der Waals surface area contributed by atoms with Crippen molar-refractivity contribution in [3.8, 4) is 11.1 Å². The molecule has 0 spiro atoms. The molecule has 0 bridgehead atoms. The van der Waals surface area contributed by atoms with Crippen LogP contribution in [0, 0.1) is 0 Å². The summed E-state index contributed by atoms with van der Waals surface area (Å²) in [4.78, 5) is 26.1. The molecule has 4 rings (SSSR count). The molecule has 2 heteroatoms. The molecule has 1 atom stereocenters. The van der Waals surface area contributed by atoms with Gasteiger partial charge in [0.1, 0.15) is 0 Å². The second kappa shape index (κ2) is 9.82. The highest BCUT2D eigenvalue weighted by atomic mass is 16.1. The molecule has 0 N–H and O–H groups in total. The molecule has 0 aliphatic heterocycles. The van der Waals surface area contributed by atoms with Gasteiger partial charge in [-0.25, -0.2) is 0 Å². The van der Waals surface area contributed by atoms with Crippen LogP contribution in [0.2, 0.25) is 0 Å². The first-order valence-corrected chi connectivity index (χ1v) is 10.6. The number of carbonyl (C=O) groups excluding carboxylic acids is 2. The minimum absolute atomic E-state index is 0.0478. The fourth-order valence-electron chi connectivity index (χ4n) is 3.84. The van der Waals surface area contributed by atoms with Gasteiger partial charge < -0.3 is 0 Å². The molecule has 0 saturated carbocycles. The number of hydrogen-bond donors (Lipinski definition) is 0. The number of ketones is 2. The zero-order valence-electron chi connectivity index (χ0n) is 17.3. The number of rotatable bonds is 8. The van der Waals surface area contributed by atoms with Crippen molar-refractivity contribution < 1.29 is 9.59 Å². The summed E-state index contributed by atoms with van der Waals surface area (Å²) in [5, 5.41) is 0. The first-order chi connectivity index (χ1) is 15.2. The normalized spacial score (nSPS) is 11.6. The first-order valence-electron chi connectivity index (χ1n) is 10.6. The summed E-state index contributed by atoms with van der Waals surface area (Å²) in [6.45, 7) is 0. The van der Waals surface area contributed by atoms with Crippen molar-refractivity contribution in [2.24, 2.45) is 0 Å². The summed E-state index contributed by atoms with van der Waals surface area (Å²) >= 11 is 0. The SMILES string of the molecule is O=C(CC[C@H](C(=O)c1ccc(-c2ccccc2)cc1)c1ccccc1)c1ccccc1. The molecule has 0 saturated heterocycles. The molecule has 31 heavy (non-hydrogen) atoms. The molecule has 0 amide bonds. The van der Waals surface area contributed by atoms with E-state index in [-0.39, 0.29) is 17.5 Å². The highest BCUT2D eigenvalue weighted by Gasteiger charge is 2.23. The van der Waals surface area contributed by atoms with Gasteiger partial charge in [0.25, 0.3) is 0 Å². The highest BCUT2D eigenvalue weighted by Crippen LogP contribution is 2.28. The van der Waals surface area contributed by atoms with Crippen LogP contribution < -0.4 is 0 Å². The zero-order chi connectivity index (χ0) is 21.5. The summed E-state index contributed by atoms with van der Waals surface area (Å²) in [5.41, 5.74) is 4.50. The second-order valence-electron chi connectivity index (χ2n) is 7.60. The molecule has 0 unspecified atom stereocenters. The van der Waals surface area contributed by atoms with Crippen molar-refractivity contribution in [2.45, 2.75) is 18.8 Å². The lowest BCUT2D eigenvalue weighted by atomic mass is 9.85. The standard InChI is InChI=1S/C29H24O2/c30-28(25-14-8-3-9-15-25)21-20-27(24-12-6-2-7-13-24)29(31)26-18-16-23(17-19-26)22-10-4-1-5-11-22/h1-19,27H,20-21H2/t27-/m0/s1. The van der Waals surface area contributed by atoms with Gasteiger partial charge in [0.05, 0.1) is 0 Å². The average molecular weight is 405 g/mol. The number of carbonyl (C=O) groups is 2. The maximum Gasteiger partial charge on any atom is 0.170 e. The summed E-state index contributed by atoms with van der Waals surface area (Å²) in [7, 11) is 0. The van der Waals surface area contributed by atoms with Gasteiger partial charge in [-0.1, -0.05) is 115 Å². The van der Waals surface area contributed by atoms with Crippen LogP contribution in [0.25, 0.3) is 11.1 Å². The third-order valence-corrected chi connectivity index (χ3v) is 5.55. The summed E-state index contributed by atoms with van der Waals surface area (Å²) < 4.78 is 0. The van der Waals surface area contributed by atoms with E-state index in [1.54, 1.807) is 0 Å². The Morgan fingerprint density at radius 1 is 0.548 bits per heavy atom. The Kier molecular flexibility index (Phi) is 6.49. The largest absolute Gasteiger partial charge is 0.294 e. The average Bonchev–Trinajstić information content (AvgIpc) is 2.86. The van der Waals surface area contributed by atoms with E-state index in [4.69, 9.17) is 0 Å². The highest BCUT2D eigenvalue weighted by molar-refractivity contribution is 6.02. The van der Waals surface area contributed by atoms with E-state index in [1.807, 2.05) is 103 Å². The van der Waals surface area contributed by atoms with E-state index >= 15 is 0 Å². The van der Waals surface area contributed by atoms with Crippen molar-refractivity contribution in [3.63, 3.8) is 0 Å². The van der Waals surface area contributed by atoms with Crippen LogP contribution in [0.4, 0.5) is 0 Å². The molecular weight excluding hydrogens is 380 g/mol. The number of hydrogen-bond acceptors (Lipinski definition) is 2. The third kappa shape index (κ3) is 5.04. The van der Waals surface area contributed by atoms with Gasteiger partial charge in [-0.3, -0.25) is 9.59 Å². The van der Waals surface area contributed by atoms with E-state index in [0.29, 0.717) is 24.0 Å². The van der Waals surface area contributed by atoms with Crippen LogP contribution >= 0.6 is 0 Å². The van der Waals surface area contributed by atoms with Crippen LogP contribution in [-0.4, -0.2) is 11.6 Å². The Hall–Kier alpha value is -3.78. The van der Waals surface area contributed by atoms with Gasteiger partial charge in [-0.15, -0.1) is 0 Å². The van der Waals surface area contributed by atoms with Crippen molar-refractivity contribution in [3.05, 3.63) is 132 Å². The quantitative estimate of drug-likeness (QED) is 0.297. The van der Waals surface area contributed by atoms with Crippen LogP contribution in [0.1, 0.15) is 45.0 Å². The van der Waals surface area contributed by atoms with Crippen molar-refractivity contribution >= 4 is 11.6 Å². The van der Waals surface area contributed by atoms with Gasteiger partial charge in [-0.05, 0) is 23.1 Å². The van der Waals surface area contributed by atoms with Crippen LogP contribution in [0.15, 0.2) is 115 Å². The Bertz CT molecular complexity index is 1130. The third-order valence-electron chi connectivity index (χ3n) is 5.55. The van der Waals surface area contributed by atoms with Crippen LogP contribution in [0.3, 0.4) is 0 Å². The van der Waals surface area contributed by atoms with Gasteiger partial charge in [0.15, 0.2) is 11.6 Å². The second-order valence-corrected chi connectivity index (χ2v) is 7.60. The summed E-state index contributed by atoms with van der Waals surface area (Å²) in [6, 6.07) is 36.9. The minimum atomic E-state index is -0.351. The molecule has 4 aromatic rings. The fourth-order valence-corrected chi connectivity index (χ4v) is 3.84. The molecule has 0 radical (unpaired) electrons. The number of benzene rings is 4. The van der Waals surface area contributed by atoms with E-state index in [0.717, 1.165) is 16.7 Å². The summed E-state index contributed by atoms with van der Waals surface area (Å²) in [5.74, 6) is -0.239. The monoisotopic (exact) mass is 404 g/mol. The Morgan fingerprint density at radius 3 is 1.68 bits per heavy atom. The number of Topliss-reactive ketones (excluding diaryl/α,β-unsaturated/α-hetero) is 2. The first kappa shape index (κ1) is 20.5. The van der Waals surface area contributed by atoms with Crippen molar-refractivity contribution in [2.75, 3.05) is 0 Å². The predicted octanol–water partition coefficient (Wildman–Crippen LogP) is 6.98. The topological polar surface area (TPSA) is 34.1 Å². The molecule has 0 fully saturated rings. The molecular formula is C29H24O2. The Morgan fingerprint density at radius 2 is 1.06 bits per heavy atom. The molecule has 152 valence electrons. The molecule has 0 aliphatic rings. The molecule has 0 aromatic heterocycles. The molecule has 0 heterocycles. The van der Waals surface area contributed by atoms with Crippen LogP contribution in [-0.2, 0) is 0 Å². The Labute approximate surface area is 183 Å². The van der Waals surface area contributed by atoms with Gasteiger partial charge >= 0.3 is 0 Å². The van der Waals surface area contributed by atoms with Crippen LogP contribution in [0.5, 0.6) is 0 Å². The smallest absolute Gasteiger partial charge is 0.170 e. The molecule has 2 nitrogen and oxygen atoms in total. The van der Waals surface area contributed by atoms with E-state index in [1.165, 1.54) is 0 Å². The maximum absolute atomic E-state index is 13.4. The zero-order valence-corrected chi connectivity index (χ0v) is 17.3. The summed E-state index contributed by atoms with van der Waals surface area (Å²) in [6.07, 6.45) is 0.814. The van der Waals surface area contributed by atoms with Gasteiger partial charge in [0.2, 0.25) is 0 Å². The predicted molar refractivity (Wildman–Crippen MR) is 125 cm³/mol. The minimum Gasteiger partial charge on any atom is -0.294 e. The van der Waals surface area contributed by atoms with Crippen molar-refractivity contribution in [1.29, 1.82) is 0 Å². The van der Waals surface area contributed by atoms with E-state index in [9.17, 15) is 9.59 Å². The van der Waals surface area contributed by atoms with E-state index < -0.39 is 0 Å². The lowest BCUT2D eigenvalue weighted by molar-refractivity contribution is 0.0936. The van der Waals surface area contributed by atoms with E-state index in [2.05, 4.69) is 12.1 Å². The molecule has 0 aliphatic carbocycles.